The molecule has 4 nitrogen and oxygen atoms in total. The van der Waals surface area contributed by atoms with E-state index in [4.69, 9.17) is 5.11 Å². The van der Waals surface area contributed by atoms with Gasteiger partial charge in [-0.1, -0.05) is 40.0 Å². The Morgan fingerprint density at radius 2 is 2.20 bits per heavy atom. The summed E-state index contributed by atoms with van der Waals surface area (Å²) in [5.41, 5.74) is 1.13. The molecule has 0 saturated heterocycles. The summed E-state index contributed by atoms with van der Waals surface area (Å²) in [6, 6.07) is 0. The number of carboxylic acids is 1. The van der Waals surface area contributed by atoms with Crippen LogP contribution in [0.5, 0.6) is 0 Å². The van der Waals surface area contributed by atoms with E-state index in [9.17, 15) is 4.79 Å². The summed E-state index contributed by atoms with van der Waals surface area (Å²) in [5, 5.41) is 14.9. The van der Waals surface area contributed by atoms with E-state index in [1.165, 1.54) is 25.7 Å². The van der Waals surface area contributed by atoms with Gasteiger partial charge in [-0.3, -0.25) is 4.79 Å². The number of carbonyl (C=O) groups is 1. The number of aromatic nitrogens is 1. The molecule has 0 aliphatic heterocycles. The minimum Gasteiger partial charge on any atom is -0.481 e. The second-order valence-electron chi connectivity index (χ2n) is 6.01. The molecule has 1 heterocycles. The third kappa shape index (κ3) is 6.89. The van der Waals surface area contributed by atoms with Gasteiger partial charge < -0.3 is 10.4 Å². The van der Waals surface area contributed by atoms with Crippen molar-refractivity contribution in [1.82, 2.24) is 4.98 Å². The molecule has 0 aliphatic rings. The molecule has 0 radical (unpaired) electrons. The SMILES string of the molecule is CCCCCC(C)(C)CNc1nc(CCC(=O)O)cs1. The zero-order valence-corrected chi connectivity index (χ0v) is 13.6. The first-order chi connectivity index (χ1) is 9.43. The number of aryl methyl sites for hydroxylation is 1. The smallest absolute Gasteiger partial charge is 0.303 e. The molecule has 0 spiro atoms. The van der Waals surface area contributed by atoms with Gasteiger partial charge in [0.2, 0.25) is 0 Å². The van der Waals surface area contributed by atoms with Gasteiger partial charge in [0, 0.05) is 18.3 Å². The molecule has 20 heavy (non-hydrogen) atoms. The summed E-state index contributed by atoms with van der Waals surface area (Å²) in [4.78, 5) is 14.9. The van der Waals surface area contributed by atoms with Crippen LogP contribution in [-0.2, 0) is 11.2 Å². The zero-order chi connectivity index (χ0) is 15.0. The highest BCUT2D eigenvalue weighted by Gasteiger charge is 2.17. The maximum absolute atomic E-state index is 10.5. The van der Waals surface area contributed by atoms with Crippen LogP contribution < -0.4 is 5.32 Å². The number of rotatable bonds is 10. The lowest BCUT2D eigenvalue weighted by atomic mass is 9.87. The highest BCUT2D eigenvalue weighted by Crippen LogP contribution is 2.25. The van der Waals surface area contributed by atoms with Crippen LogP contribution in [0.2, 0.25) is 0 Å². The van der Waals surface area contributed by atoms with Crippen LogP contribution in [0.25, 0.3) is 0 Å². The summed E-state index contributed by atoms with van der Waals surface area (Å²) in [5.74, 6) is -0.774. The molecule has 5 heteroatoms. The van der Waals surface area contributed by atoms with Gasteiger partial charge in [-0.15, -0.1) is 11.3 Å². The summed E-state index contributed by atoms with van der Waals surface area (Å²) >= 11 is 1.56. The lowest BCUT2D eigenvalue weighted by Gasteiger charge is -2.24. The predicted octanol–water partition coefficient (Wildman–Crippen LogP) is 4.18. The largest absolute Gasteiger partial charge is 0.481 e. The fourth-order valence-corrected chi connectivity index (χ4v) is 2.74. The van der Waals surface area contributed by atoms with E-state index in [2.05, 4.69) is 31.1 Å². The van der Waals surface area contributed by atoms with Crippen molar-refractivity contribution in [2.45, 2.75) is 59.3 Å². The highest BCUT2D eigenvalue weighted by molar-refractivity contribution is 7.13. The third-order valence-corrected chi connectivity index (χ3v) is 4.17. The number of aliphatic carboxylic acids is 1. The van der Waals surface area contributed by atoms with Crippen molar-refractivity contribution in [2.24, 2.45) is 5.41 Å². The molecule has 0 saturated carbocycles. The maximum atomic E-state index is 10.5. The normalized spacial score (nSPS) is 11.6. The number of carboxylic acid groups (broad SMARTS) is 1. The lowest BCUT2D eigenvalue weighted by Crippen LogP contribution is -2.23. The summed E-state index contributed by atoms with van der Waals surface area (Å²) in [7, 11) is 0. The van der Waals surface area contributed by atoms with E-state index in [0.717, 1.165) is 17.4 Å². The van der Waals surface area contributed by atoms with Gasteiger partial charge in [0.1, 0.15) is 0 Å². The van der Waals surface area contributed by atoms with E-state index >= 15 is 0 Å². The first kappa shape index (κ1) is 17.0. The molecule has 0 amide bonds. The molecule has 0 atom stereocenters. The Labute approximate surface area is 125 Å². The Balaban J connectivity index is 2.35. The summed E-state index contributed by atoms with van der Waals surface area (Å²) < 4.78 is 0. The van der Waals surface area contributed by atoms with E-state index in [0.29, 0.717) is 6.42 Å². The number of thiazole rings is 1. The molecule has 114 valence electrons. The van der Waals surface area contributed by atoms with Crippen molar-refractivity contribution >= 4 is 22.4 Å². The van der Waals surface area contributed by atoms with Crippen LogP contribution in [0.15, 0.2) is 5.38 Å². The average molecular weight is 298 g/mol. The topological polar surface area (TPSA) is 62.2 Å². The monoisotopic (exact) mass is 298 g/mol. The molecule has 1 aromatic rings. The molecular formula is C15H26N2O2S. The third-order valence-electron chi connectivity index (χ3n) is 3.32. The van der Waals surface area contributed by atoms with Crippen molar-refractivity contribution < 1.29 is 9.90 Å². The van der Waals surface area contributed by atoms with Crippen LogP contribution in [0.4, 0.5) is 5.13 Å². The summed E-state index contributed by atoms with van der Waals surface area (Å²) in [6.07, 6.45) is 5.68. The second-order valence-corrected chi connectivity index (χ2v) is 6.87. The second kappa shape index (κ2) is 8.25. The molecule has 1 aromatic heterocycles. The first-order valence-corrected chi connectivity index (χ1v) is 8.21. The fraction of sp³-hybridized carbons (Fsp3) is 0.733. The Morgan fingerprint density at radius 1 is 1.45 bits per heavy atom. The Bertz CT molecular complexity index is 416. The van der Waals surface area contributed by atoms with Crippen molar-refractivity contribution in [3.63, 3.8) is 0 Å². The molecule has 0 aromatic carbocycles. The number of nitrogens with zero attached hydrogens (tertiary/aromatic N) is 1. The molecule has 0 bridgehead atoms. The van der Waals surface area contributed by atoms with Crippen molar-refractivity contribution in [3.05, 3.63) is 11.1 Å². The average Bonchev–Trinajstić information content (AvgIpc) is 2.82. The van der Waals surface area contributed by atoms with Gasteiger partial charge in [0.15, 0.2) is 5.13 Å². The highest BCUT2D eigenvalue weighted by atomic mass is 32.1. The van der Waals surface area contributed by atoms with Gasteiger partial charge in [0.25, 0.3) is 0 Å². The number of unbranched alkanes of at least 4 members (excludes halogenated alkanes) is 2. The summed E-state index contributed by atoms with van der Waals surface area (Å²) in [6.45, 7) is 7.67. The minimum absolute atomic E-state index is 0.145. The van der Waals surface area contributed by atoms with Crippen molar-refractivity contribution in [3.8, 4) is 0 Å². The van der Waals surface area contributed by atoms with E-state index in [1.54, 1.807) is 11.3 Å². The van der Waals surface area contributed by atoms with E-state index in [1.807, 2.05) is 5.38 Å². The van der Waals surface area contributed by atoms with Gasteiger partial charge in [-0.25, -0.2) is 4.98 Å². The predicted molar refractivity (Wildman–Crippen MR) is 84.5 cm³/mol. The number of hydrogen-bond acceptors (Lipinski definition) is 4. The molecular weight excluding hydrogens is 272 g/mol. The minimum atomic E-state index is -0.774. The number of hydrogen-bond donors (Lipinski definition) is 2. The van der Waals surface area contributed by atoms with Gasteiger partial charge in [-0.05, 0) is 11.8 Å². The van der Waals surface area contributed by atoms with Crippen LogP contribution >= 0.6 is 11.3 Å². The number of anilines is 1. The Hall–Kier alpha value is -1.10. The molecule has 0 fully saturated rings. The molecule has 2 N–H and O–H groups in total. The Kier molecular flexibility index (Phi) is 6.99. The van der Waals surface area contributed by atoms with E-state index in [-0.39, 0.29) is 11.8 Å². The van der Waals surface area contributed by atoms with Gasteiger partial charge in [0.05, 0.1) is 12.1 Å². The van der Waals surface area contributed by atoms with Crippen LogP contribution in [0.3, 0.4) is 0 Å². The molecule has 0 aliphatic carbocycles. The van der Waals surface area contributed by atoms with E-state index < -0.39 is 5.97 Å². The van der Waals surface area contributed by atoms with Crippen molar-refractivity contribution in [2.75, 3.05) is 11.9 Å². The van der Waals surface area contributed by atoms with Crippen LogP contribution in [0.1, 0.15) is 58.6 Å². The quantitative estimate of drug-likeness (QED) is 0.636. The standard InChI is InChI=1S/C15H26N2O2S/c1-4-5-6-9-15(2,3)11-16-14-17-12(10-20-14)7-8-13(18)19/h10H,4-9,11H2,1-3H3,(H,16,17)(H,18,19). The zero-order valence-electron chi connectivity index (χ0n) is 12.7. The van der Waals surface area contributed by atoms with Crippen molar-refractivity contribution in [1.29, 1.82) is 0 Å². The fourth-order valence-electron chi connectivity index (χ4n) is 1.99. The first-order valence-electron chi connectivity index (χ1n) is 7.33. The maximum Gasteiger partial charge on any atom is 0.303 e. The molecule has 0 unspecified atom stereocenters. The molecule has 1 rings (SSSR count). The number of nitrogens with one attached hydrogen (secondary N) is 1. The van der Waals surface area contributed by atoms with Gasteiger partial charge >= 0.3 is 5.97 Å². The van der Waals surface area contributed by atoms with Crippen LogP contribution in [-0.4, -0.2) is 22.6 Å². The lowest BCUT2D eigenvalue weighted by molar-refractivity contribution is -0.136. The van der Waals surface area contributed by atoms with Crippen LogP contribution in [0, 0.1) is 5.41 Å². The van der Waals surface area contributed by atoms with Gasteiger partial charge in [-0.2, -0.15) is 0 Å². The Morgan fingerprint density at radius 3 is 2.85 bits per heavy atom.